The van der Waals surface area contributed by atoms with Crippen molar-refractivity contribution in [3.63, 3.8) is 0 Å². The predicted octanol–water partition coefficient (Wildman–Crippen LogP) is 6.45. The number of rotatable bonds is 7. The van der Waals surface area contributed by atoms with E-state index in [9.17, 15) is 4.79 Å². The van der Waals surface area contributed by atoms with Gasteiger partial charge in [0.2, 0.25) is 0 Å². The molecule has 0 spiro atoms. The summed E-state index contributed by atoms with van der Waals surface area (Å²) >= 11 is 0. The van der Waals surface area contributed by atoms with Gasteiger partial charge in [0.05, 0.1) is 8.07 Å². The maximum atomic E-state index is 13.4. The molecular weight excluding hydrogens is 344 g/mol. The van der Waals surface area contributed by atoms with Crippen LogP contribution in [-0.2, 0) is 6.04 Å². The monoisotopic (exact) mass is 372 g/mol. The molecule has 3 aromatic rings. The molecule has 0 heterocycles. The van der Waals surface area contributed by atoms with Gasteiger partial charge in [-0.05, 0) is 24.6 Å². The molecule has 0 saturated carbocycles. The lowest BCUT2D eigenvalue weighted by atomic mass is 9.92. The van der Waals surface area contributed by atoms with E-state index < -0.39 is 8.07 Å². The van der Waals surface area contributed by atoms with Crippen molar-refractivity contribution in [3.05, 3.63) is 107 Å². The summed E-state index contributed by atoms with van der Waals surface area (Å²) in [6.07, 6.45) is 0. The Morgan fingerprint density at radius 3 is 1.96 bits per heavy atom. The molecule has 1 nitrogen and oxygen atoms in total. The molecule has 1 unspecified atom stereocenters. The predicted molar refractivity (Wildman–Crippen MR) is 117 cm³/mol. The van der Waals surface area contributed by atoms with E-state index in [0.29, 0.717) is 0 Å². The molecule has 0 saturated heterocycles. The zero-order chi connectivity index (χ0) is 19.3. The van der Waals surface area contributed by atoms with Crippen molar-refractivity contribution >= 4 is 13.9 Å². The summed E-state index contributed by atoms with van der Waals surface area (Å²) in [5.41, 5.74) is 4.51. The Hall–Kier alpha value is -2.45. The second-order valence-corrected chi connectivity index (χ2v) is 13.3. The van der Waals surface area contributed by atoms with Crippen molar-refractivity contribution in [3.8, 4) is 0 Å². The van der Waals surface area contributed by atoms with Crippen LogP contribution in [0.3, 0.4) is 0 Å². The van der Waals surface area contributed by atoms with E-state index in [4.69, 9.17) is 0 Å². The summed E-state index contributed by atoms with van der Waals surface area (Å²) in [5, 5.41) is 0. The van der Waals surface area contributed by atoms with Crippen LogP contribution in [-0.4, -0.2) is 13.9 Å². The lowest BCUT2D eigenvalue weighted by Gasteiger charge is -2.28. The summed E-state index contributed by atoms with van der Waals surface area (Å²) in [5.74, 6) is 0.175. The molecule has 0 aliphatic rings. The second-order valence-electron chi connectivity index (χ2n) is 8.22. The van der Waals surface area contributed by atoms with Crippen molar-refractivity contribution in [2.75, 3.05) is 0 Å². The third-order valence-corrected chi connectivity index (χ3v) is 8.02. The number of benzene rings is 3. The van der Waals surface area contributed by atoms with Gasteiger partial charge < -0.3 is 0 Å². The Morgan fingerprint density at radius 2 is 1.37 bits per heavy atom. The Kier molecular flexibility index (Phi) is 6.07. The van der Waals surface area contributed by atoms with Crippen LogP contribution in [0.1, 0.15) is 33.0 Å². The van der Waals surface area contributed by atoms with Gasteiger partial charge in [-0.15, -0.1) is 0 Å². The summed E-state index contributed by atoms with van der Waals surface area (Å²) in [4.78, 5) is 13.4. The van der Waals surface area contributed by atoms with E-state index in [-0.39, 0.29) is 11.7 Å². The van der Waals surface area contributed by atoms with Crippen LogP contribution >= 0.6 is 0 Å². The highest BCUT2D eigenvalue weighted by Gasteiger charge is 2.31. The van der Waals surface area contributed by atoms with Crippen LogP contribution in [0.4, 0.5) is 0 Å². The van der Waals surface area contributed by atoms with Crippen molar-refractivity contribution in [2.45, 2.75) is 38.0 Å². The van der Waals surface area contributed by atoms with Gasteiger partial charge in [-0.25, -0.2) is 0 Å². The number of hydrogen-bond acceptors (Lipinski definition) is 1. The summed E-state index contributed by atoms with van der Waals surface area (Å²) in [6.45, 7) is 6.86. The lowest BCUT2D eigenvalue weighted by molar-refractivity contribution is 0.0965. The van der Waals surface area contributed by atoms with Crippen LogP contribution in [0.2, 0.25) is 19.1 Å². The maximum Gasteiger partial charge on any atom is 0.170 e. The number of carbonyl (C=O) groups is 1. The Bertz CT molecular complexity index is 867. The Balaban J connectivity index is 1.88. The normalized spacial score (nSPS) is 12.6. The fourth-order valence-corrected chi connectivity index (χ4v) is 6.75. The molecule has 0 aliphatic carbocycles. The first kappa shape index (κ1) is 19.3. The second kappa shape index (κ2) is 8.49. The van der Waals surface area contributed by atoms with E-state index in [1.54, 1.807) is 0 Å². The van der Waals surface area contributed by atoms with Crippen molar-refractivity contribution in [2.24, 2.45) is 0 Å². The van der Waals surface area contributed by atoms with Crippen molar-refractivity contribution < 1.29 is 4.79 Å². The third-order valence-electron chi connectivity index (χ3n) is 5.14. The first-order valence-corrected chi connectivity index (χ1v) is 13.1. The molecule has 0 fully saturated rings. The number of carbonyl (C=O) groups excluding carboxylic acids is 1. The van der Waals surface area contributed by atoms with Gasteiger partial charge >= 0.3 is 0 Å². The molecule has 0 N–H and O–H groups in total. The minimum absolute atomic E-state index is 0.0701. The molecular formula is C25H28OSi. The third kappa shape index (κ3) is 5.27. The maximum absolute atomic E-state index is 13.4. The minimum Gasteiger partial charge on any atom is -0.294 e. The van der Waals surface area contributed by atoms with Crippen LogP contribution in [0, 0.1) is 6.92 Å². The number of aryl methyl sites for hydroxylation is 1. The molecule has 138 valence electrons. The van der Waals surface area contributed by atoms with Crippen molar-refractivity contribution in [1.29, 1.82) is 0 Å². The van der Waals surface area contributed by atoms with E-state index in [1.807, 2.05) is 42.5 Å². The van der Waals surface area contributed by atoms with Gasteiger partial charge in [0, 0.05) is 11.5 Å². The van der Waals surface area contributed by atoms with Gasteiger partial charge in [0.1, 0.15) is 0 Å². The average molecular weight is 373 g/mol. The fraction of sp³-hybridized carbons (Fsp3) is 0.240. The quantitative estimate of drug-likeness (QED) is 0.344. The van der Waals surface area contributed by atoms with Gasteiger partial charge in [-0.2, -0.15) is 0 Å². The highest BCUT2D eigenvalue weighted by molar-refractivity contribution is 6.77. The summed E-state index contributed by atoms with van der Waals surface area (Å²) in [7, 11) is -1.62. The van der Waals surface area contributed by atoms with E-state index >= 15 is 0 Å². The van der Waals surface area contributed by atoms with E-state index in [0.717, 1.165) is 23.2 Å². The first-order valence-electron chi connectivity index (χ1n) is 9.64. The average Bonchev–Trinajstić information content (AvgIpc) is 2.67. The van der Waals surface area contributed by atoms with Crippen LogP contribution in [0.25, 0.3) is 0 Å². The molecule has 0 aliphatic heterocycles. The van der Waals surface area contributed by atoms with Gasteiger partial charge in [0.25, 0.3) is 0 Å². The summed E-state index contributed by atoms with van der Waals surface area (Å²) in [6, 6.07) is 31.0. The molecule has 2 heteroatoms. The van der Waals surface area contributed by atoms with Gasteiger partial charge in [-0.3, -0.25) is 4.79 Å². The largest absolute Gasteiger partial charge is 0.294 e. The molecule has 0 amide bonds. The lowest BCUT2D eigenvalue weighted by Crippen LogP contribution is -2.33. The summed E-state index contributed by atoms with van der Waals surface area (Å²) < 4.78 is 0. The standard InChI is InChI=1S/C25H28OSi/c1-20-14-16-23(17-15-20)25(26)24(22-12-8-5-9-13-22)19-27(2,3)18-21-10-6-4-7-11-21/h4-17,24H,18-19H2,1-3H3. The first-order chi connectivity index (χ1) is 12.9. The van der Waals surface area contributed by atoms with E-state index in [1.165, 1.54) is 11.1 Å². The van der Waals surface area contributed by atoms with Crippen LogP contribution in [0.15, 0.2) is 84.9 Å². The number of ketones is 1. The molecule has 27 heavy (non-hydrogen) atoms. The molecule has 3 aromatic carbocycles. The molecule has 0 radical (unpaired) electrons. The zero-order valence-electron chi connectivity index (χ0n) is 16.5. The zero-order valence-corrected chi connectivity index (χ0v) is 17.5. The topological polar surface area (TPSA) is 17.1 Å². The van der Waals surface area contributed by atoms with E-state index in [2.05, 4.69) is 62.5 Å². The smallest absolute Gasteiger partial charge is 0.170 e. The van der Waals surface area contributed by atoms with Crippen LogP contribution in [0.5, 0.6) is 0 Å². The van der Waals surface area contributed by atoms with Gasteiger partial charge in [-0.1, -0.05) is 109 Å². The molecule has 1 atom stereocenters. The highest BCUT2D eigenvalue weighted by atomic mass is 28.3. The number of Topliss-reactive ketones (excluding diaryl/α,β-unsaturated/α-hetero) is 1. The molecule has 0 bridgehead atoms. The minimum atomic E-state index is -1.62. The van der Waals surface area contributed by atoms with Gasteiger partial charge in [0.15, 0.2) is 5.78 Å². The highest BCUT2D eigenvalue weighted by Crippen LogP contribution is 2.32. The van der Waals surface area contributed by atoms with Crippen molar-refractivity contribution in [1.82, 2.24) is 0 Å². The molecule has 3 rings (SSSR count). The Labute approximate surface area is 164 Å². The fourth-order valence-electron chi connectivity index (χ4n) is 3.74. The van der Waals surface area contributed by atoms with Crippen LogP contribution < -0.4 is 0 Å². The SMILES string of the molecule is Cc1ccc(C(=O)C(C[Si](C)(C)Cc2ccccc2)c2ccccc2)cc1. The molecule has 0 aromatic heterocycles. The number of hydrogen-bond donors (Lipinski definition) is 0. The Morgan fingerprint density at radius 1 is 0.815 bits per heavy atom.